The highest BCUT2D eigenvalue weighted by atomic mass is 127. The number of hydrogen-bond donors (Lipinski definition) is 1. The Morgan fingerprint density at radius 3 is 2.65 bits per heavy atom. The molecule has 1 fully saturated rings. The number of guanidine groups is 1. The first-order chi connectivity index (χ1) is 8.98. The van der Waals surface area contributed by atoms with Crippen LogP contribution in [0.1, 0.15) is 33.6 Å². The Kier molecular flexibility index (Phi) is 9.78. The van der Waals surface area contributed by atoms with Crippen LogP contribution >= 0.6 is 24.0 Å². The summed E-state index contributed by atoms with van der Waals surface area (Å²) in [7, 11) is -2.92. The van der Waals surface area contributed by atoms with Crippen LogP contribution in [-0.4, -0.2) is 57.0 Å². The van der Waals surface area contributed by atoms with E-state index in [1.54, 1.807) is 6.92 Å². The molecule has 1 aliphatic heterocycles. The van der Waals surface area contributed by atoms with Crippen molar-refractivity contribution in [3.63, 3.8) is 0 Å². The fourth-order valence-corrected chi connectivity index (χ4v) is 2.90. The van der Waals surface area contributed by atoms with Gasteiger partial charge in [-0.3, -0.25) is 4.99 Å². The van der Waals surface area contributed by atoms with Crippen molar-refractivity contribution in [1.29, 1.82) is 0 Å². The molecule has 120 valence electrons. The lowest BCUT2D eigenvalue weighted by molar-refractivity contribution is 0.266. The molecule has 1 heterocycles. The van der Waals surface area contributed by atoms with Gasteiger partial charge in [0.05, 0.1) is 12.3 Å². The Morgan fingerprint density at radius 1 is 1.40 bits per heavy atom. The maximum Gasteiger partial charge on any atom is 0.193 e. The van der Waals surface area contributed by atoms with Crippen LogP contribution in [0.2, 0.25) is 0 Å². The summed E-state index contributed by atoms with van der Waals surface area (Å²) >= 11 is 0. The molecule has 1 unspecified atom stereocenters. The van der Waals surface area contributed by atoms with Crippen LogP contribution in [0.5, 0.6) is 0 Å². The van der Waals surface area contributed by atoms with E-state index in [1.165, 1.54) is 12.8 Å². The predicted octanol–water partition coefficient (Wildman–Crippen LogP) is 1.74. The maximum atomic E-state index is 11.5. The highest BCUT2D eigenvalue weighted by Crippen LogP contribution is 2.15. The molecule has 0 saturated carbocycles. The number of hydrogen-bond acceptors (Lipinski definition) is 3. The molecule has 1 atom stereocenters. The average Bonchev–Trinajstić information content (AvgIpc) is 2.37. The fraction of sp³-hybridized carbons (Fsp3) is 0.923. The Bertz CT molecular complexity index is 398. The SMILES string of the molecule is CCNC(=NCCS(=O)(=O)CC)N1CCCC(C)C1.I. The zero-order chi connectivity index (χ0) is 14.3. The molecule has 0 amide bonds. The minimum absolute atomic E-state index is 0. The first-order valence-corrected chi connectivity index (χ1v) is 9.04. The van der Waals surface area contributed by atoms with Crippen LogP contribution < -0.4 is 5.32 Å². The summed E-state index contributed by atoms with van der Waals surface area (Å²) < 4.78 is 22.9. The maximum absolute atomic E-state index is 11.5. The van der Waals surface area contributed by atoms with Crippen molar-refractivity contribution in [3.05, 3.63) is 0 Å². The monoisotopic (exact) mass is 417 g/mol. The van der Waals surface area contributed by atoms with Gasteiger partial charge >= 0.3 is 0 Å². The van der Waals surface area contributed by atoms with Crippen LogP contribution in [0.15, 0.2) is 4.99 Å². The summed E-state index contributed by atoms with van der Waals surface area (Å²) in [4.78, 5) is 6.70. The van der Waals surface area contributed by atoms with E-state index in [1.807, 2.05) is 6.92 Å². The summed E-state index contributed by atoms with van der Waals surface area (Å²) in [6.07, 6.45) is 2.44. The summed E-state index contributed by atoms with van der Waals surface area (Å²) in [5.74, 6) is 1.87. The molecule has 0 aromatic carbocycles. The first kappa shape index (κ1) is 19.9. The van der Waals surface area contributed by atoms with Crippen LogP contribution in [0.4, 0.5) is 0 Å². The molecule has 0 radical (unpaired) electrons. The molecule has 20 heavy (non-hydrogen) atoms. The van der Waals surface area contributed by atoms with Gasteiger partial charge in [-0.05, 0) is 25.7 Å². The molecule has 1 aliphatic rings. The minimum Gasteiger partial charge on any atom is -0.357 e. The molecule has 5 nitrogen and oxygen atoms in total. The molecule has 0 spiro atoms. The zero-order valence-corrected chi connectivity index (χ0v) is 15.9. The third-order valence-corrected chi connectivity index (χ3v) is 5.08. The van der Waals surface area contributed by atoms with Gasteiger partial charge in [0, 0.05) is 25.4 Å². The molecule has 1 saturated heterocycles. The smallest absolute Gasteiger partial charge is 0.193 e. The molecular formula is C13H28IN3O2S. The van der Waals surface area contributed by atoms with Crippen LogP contribution in [0.25, 0.3) is 0 Å². The Hall–Kier alpha value is -0.0500. The van der Waals surface area contributed by atoms with E-state index in [0.29, 0.717) is 12.5 Å². The van der Waals surface area contributed by atoms with Gasteiger partial charge in [-0.1, -0.05) is 13.8 Å². The van der Waals surface area contributed by atoms with E-state index in [2.05, 4.69) is 22.1 Å². The number of nitrogens with one attached hydrogen (secondary N) is 1. The van der Waals surface area contributed by atoms with Crippen molar-refractivity contribution in [2.75, 3.05) is 37.7 Å². The lowest BCUT2D eigenvalue weighted by Gasteiger charge is -2.33. The van der Waals surface area contributed by atoms with Gasteiger partial charge in [0.1, 0.15) is 0 Å². The second kappa shape index (κ2) is 9.81. The second-order valence-electron chi connectivity index (χ2n) is 5.17. The van der Waals surface area contributed by atoms with Crippen molar-refractivity contribution in [2.45, 2.75) is 33.6 Å². The Labute approximate surface area is 140 Å². The molecule has 0 aromatic heterocycles. The minimum atomic E-state index is -2.92. The highest BCUT2D eigenvalue weighted by molar-refractivity contribution is 14.0. The molecule has 0 aromatic rings. The van der Waals surface area contributed by atoms with Gasteiger partial charge in [0.15, 0.2) is 15.8 Å². The number of halogens is 1. The largest absolute Gasteiger partial charge is 0.357 e. The van der Waals surface area contributed by atoms with E-state index in [-0.39, 0.29) is 35.5 Å². The number of rotatable bonds is 5. The van der Waals surface area contributed by atoms with Gasteiger partial charge in [-0.25, -0.2) is 8.42 Å². The van der Waals surface area contributed by atoms with E-state index in [4.69, 9.17) is 0 Å². The van der Waals surface area contributed by atoms with Crippen molar-refractivity contribution >= 4 is 39.8 Å². The van der Waals surface area contributed by atoms with E-state index in [0.717, 1.165) is 25.6 Å². The van der Waals surface area contributed by atoms with Crippen molar-refractivity contribution in [1.82, 2.24) is 10.2 Å². The number of piperidine rings is 1. The average molecular weight is 417 g/mol. The molecule has 1 rings (SSSR count). The molecule has 7 heteroatoms. The Morgan fingerprint density at radius 2 is 2.10 bits per heavy atom. The van der Waals surface area contributed by atoms with Gasteiger partial charge in [-0.15, -0.1) is 24.0 Å². The lowest BCUT2D eigenvalue weighted by Crippen LogP contribution is -2.46. The summed E-state index contributed by atoms with van der Waals surface area (Å²) in [6.45, 7) is 9.14. The van der Waals surface area contributed by atoms with Crippen LogP contribution in [0.3, 0.4) is 0 Å². The number of nitrogens with zero attached hydrogens (tertiary/aromatic N) is 2. The van der Waals surface area contributed by atoms with Gasteiger partial charge in [0.2, 0.25) is 0 Å². The van der Waals surface area contributed by atoms with Crippen molar-refractivity contribution in [2.24, 2.45) is 10.9 Å². The normalized spacial score (nSPS) is 20.4. The molecule has 0 aliphatic carbocycles. The highest BCUT2D eigenvalue weighted by Gasteiger charge is 2.19. The van der Waals surface area contributed by atoms with Crippen molar-refractivity contribution in [3.8, 4) is 0 Å². The van der Waals surface area contributed by atoms with Crippen LogP contribution in [0, 0.1) is 5.92 Å². The van der Waals surface area contributed by atoms with Crippen LogP contribution in [-0.2, 0) is 9.84 Å². The number of aliphatic imine (C=N–C) groups is 1. The van der Waals surface area contributed by atoms with E-state index in [9.17, 15) is 8.42 Å². The lowest BCUT2D eigenvalue weighted by atomic mass is 10.0. The molecular weight excluding hydrogens is 389 g/mol. The predicted molar refractivity (Wildman–Crippen MR) is 95.7 cm³/mol. The van der Waals surface area contributed by atoms with Crippen molar-refractivity contribution < 1.29 is 8.42 Å². The summed E-state index contributed by atoms with van der Waals surface area (Å²) in [5.41, 5.74) is 0. The number of sulfone groups is 1. The molecule has 0 bridgehead atoms. The van der Waals surface area contributed by atoms with Gasteiger partial charge in [-0.2, -0.15) is 0 Å². The van der Waals surface area contributed by atoms with Gasteiger partial charge < -0.3 is 10.2 Å². The number of likely N-dealkylation sites (tertiary alicyclic amines) is 1. The summed E-state index contributed by atoms with van der Waals surface area (Å²) in [6, 6.07) is 0. The quantitative estimate of drug-likeness (QED) is 0.421. The fourth-order valence-electron chi connectivity index (χ4n) is 2.24. The Balaban J connectivity index is 0.00000361. The van der Waals surface area contributed by atoms with Gasteiger partial charge in [0.25, 0.3) is 0 Å². The van der Waals surface area contributed by atoms with E-state index < -0.39 is 9.84 Å². The third kappa shape index (κ3) is 7.10. The topological polar surface area (TPSA) is 61.8 Å². The summed E-state index contributed by atoms with van der Waals surface area (Å²) in [5, 5.41) is 3.26. The van der Waals surface area contributed by atoms with E-state index >= 15 is 0 Å². The second-order valence-corrected chi connectivity index (χ2v) is 7.64. The molecule has 1 N–H and O–H groups in total. The standard InChI is InChI=1S/C13H27N3O2S.HI/c1-4-14-13(15-8-10-19(17,18)5-2)16-9-6-7-12(3)11-16;/h12H,4-11H2,1-3H3,(H,14,15);1H. The zero-order valence-electron chi connectivity index (χ0n) is 12.8. The first-order valence-electron chi connectivity index (χ1n) is 7.22. The third-order valence-electron chi connectivity index (χ3n) is 3.40.